The van der Waals surface area contributed by atoms with Crippen molar-refractivity contribution in [1.82, 2.24) is 9.97 Å². The first-order valence-electron chi connectivity index (χ1n) is 8.06. The van der Waals surface area contributed by atoms with Gasteiger partial charge in [-0.25, -0.2) is 18.4 Å². The minimum absolute atomic E-state index is 0.0120. The molecule has 0 saturated carbocycles. The molecule has 2 aromatic rings. The van der Waals surface area contributed by atoms with Gasteiger partial charge in [-0.05, 0) is 18.4 Å². The number of hydrogen-bond donors (Lipinski definition) is 1. The monoisotopic (exact) mass is 346 g/mol. The van der Waals surface area contributed by atoms with Crippen molar-refractivity contribution in [2.45, 2.75) is 18.9 Å². The van der Waals surface area contributed by atoms with Gasteiger partial charge in [0.25, 0.3) is 0 Å². The smallest absolute Gasteiger partial charge is 0.152 e. The Labute approximate surface area is 142 Å². The lowest BCUT2D eigenvalue weighted by molar-refractivity contribution is 0.600. The van der Waals surface area contributed by atoms with Gasteiger partial charge in [-0.3, -0.25) is 0 Å². The Morgan fingerprint density at radius 2 is 2.04 bits per heavy atom. The van der Waals surface area contributed by atoms with Gasteiger partial charge in [0.15, 0.2) is 9.84 Å². The molecule has 0 amide bonds. The van der Waals surface area contributed by atoms with Gasteiger partial charge >= 0.3 is 0 Å². The molecule has 1 N–H and O–H groups in total. The summed E-state index contributed by atoms with van der Waals surface area (Å²) in [6.07, 6.45) is 3.08. The van der Waals surface area contributed by atoms with Crippen LogP contribution in [0.15, 0.2) is 42.7 Å². The summed E-state index contributed by atoms with van der Waals surface area (Å²) in [6, 6.07) is 12.1. The zero-order valence-electron chi connectivity index (χ0n) is 13.7. The average Bonchev–Trinajstić information content (AvgIpc) is 2.95. The van der Waals surface area contributed by atoms with E-state index in [1.54, 1.807) is 0 Å². The number of benzene rings is 1. The number of rotatable bonds is 6. The maximum absolute atomic E-state index is 11.6. The van der Waals surface area contributed by atoms with Crippen LogP contribution in [0.5, 0.6) is 0 Å². The predicted molar refractivity (Wildman–Crippen MR) is 96.1 cm³/mol. The van der Waals surface area contributed by atoms with Gasteiger partial charge < -0.3 is 10.2 Å². The summed E-state index contributed by atoms with van der Waals surface area (Å²) in [5.41, 5.74) is 1.27. The van der Waals surface area contributed by atoms with E-state index in [4.69, 9.17) is 0 Å². The number of nitrogens with one attached hydrogen (secondary N) is 1. The van der Waals surface area contributed by atoms with Crippen LogP contribution in [0.3, 0.4) is 0 Å². The second kappa shape index (κ2) is 7.17. The Kier molecular flexibility index (Phi) is 4.99. The Bertz CT molecular complexity index is 780. The molecule has 24 heavy (non-hydrogen) atoms. The highest BCUT2D eigenvalue weighted by Gasteiger charge is 2.31. The van der Waals surface area contributed by atoms with Gasteiger partial charge in [0.2, 0.25) is 0 Å². The van der Waals surface area contributed by atoms with Crippen LogP contribution < -0.4 is 10.2 Å². The molecule has 1 aromatic carbocycles. The minimum Gasteiger partial charge on any atom is -0.370 e. The average molecular weight is 346 g/mol. The zero-order chi connectivity index (χ0) is 17.0. The fourth-order valence-electron chi connectivity index (χ4n) is 2.88. The number of hydrogen-bond acceptors (Lipinski definition) is 6. The van der Waals surface area contributed by atoms with Crippen LogP contribution in [0, 0.1) is 0 Å². The number of sulfone groups is 1. The first kappa shape index (κ1) is 16.7. The van der Waals surface area contributed by atoms with Gasteiger partial charge in [0.05, 0.1) is 11.5 Å². The number of anilines is 2. The van der Waals surface area contributed by atoms with Crippen molar-refractivity contribution in [3.8, 4) is 0 Å². The van der Waals surface area contributed by atoms with Crippen molar-refractivity contribution >= 4 is 21.5 Å². The first-order valence-corrected chi connectivity index (χ1v) is 9.89. The summed E-state index contributed by atoms with van der Waals surface area (Å²) in [5.74, 6) is 1.96. The Balaban J connectivity index is 1.59. The van der Waals surface area contributed by atoms with Gasteiger partial charge in [-0.2, -0.15) is 0 Å². The summed E-state index contributed by atoms with van der Waals surface area (Å²) in [6.45, 7) is 0.780. The molecule has 1 unspecified atom stereocenters. The lowest BCUT2D eigenvalue weighted by atomic mass is 10.1. The topological polar surface area (TPSA) is 75.2 Å². The summed E-state index contributed by atoms with van der Waals surface area (Å²) >= 11 is 0. The largest absolute Gasteiger partial charge is 0.370 e. The van der Waals surface area contributed by atoms with Crippen molar-refractivity contribution in [1.29, 1.82) is 0 Å². The second-order valence-corrected chi connectivity index (χ2v) is 8.32. The summed E-state index contributed by atoms with van der Waals surface area (Å²) in [4.78, 5) is 10.5. The third-order valence-electron chi connectivity index (χ3n) is 4.33. The molecule has 2 heterocycles. The lowest BCUT2D eigenvalue weighted by Gasteiger charge is -2.24. The van der Waals surface area contributed by atoms with E-state index in [2.05, 4.69) is 27.4 Å². The quantitative estimate of drug-likeness (QED) is 0.859. The summed E-state index contributed by atoms with van der Waals surface area (Å²) in [7, 11) is -1.01. The van der Waals surface area contributed by atoms with Gasteiger partial charge in [0, 0.05) is 25.7 Å². The normalized spacial score (nSPS) is 19.1. The van der Waals surface area contributed by atoms with Gasteiger partial charge in [-0.1, -0.05) is 30.3 Å². The SMILES string of the molecule is CN(c1cc(NCCc2ccccc2)ncn1)C1CCS(=O)(=O)C1. The van der Waals surface area contributed by atoms with E-state index in [1.165, 1.54) is 11.9 Å². The van der Waals surface area contributed by atoms with E-state index >= 15 is 0 Å². The maximum Gasteiger partial charge on any atom is 0.152 e. The summed E-state index contributed by atoms with van der Waals surface area (Å²) in [5, 5.41) is 3.30. The molecule has 3 rings (SSSR count). The molecule has 128 valence electrons. The van der Waals surface area contributed by atoms with E-state index in [-0.39, 0.29) is 17.5 Å². The van der Waals surface area contributed by atoms with Gasteiger partial charge in [0.1, 0.15) is 18.0 Å². The highest BCUT2D eigenvalue weighted by Crippen LogP contribution is 2.22. The Morgan fingerprint density at radius 1 is 1.25 bits per heavy atom. The van der Waals surface area contributed by atoms with E-state index in [0.29, 0.717) is 6.42 Å². The van der Waals surface area contributed by atoms with Crippen LogP contribution in [-0.4, -0.2) is 49.5 Å². The fraction of sp³-hybridized carbons (Fsp3) is 0.412. The molecule has 1 atom stereocenters. The number of aromatic nitrogens is 2. The van der Waals surface area contributed by atoms with Crippen LogP contribution in [0.25, 0.3) is 0 Å². The molecule has 0 radical (unpaired) electrons. The van der Waals surface area contributed by atoms with Crippen molar-refractivity contribution in [2.75, 3.05) is 35.3 Å². The molecule has 7 heteroatoms. The highest BCUT2D eigenvalue weighted by molar-refractivity contribution is 7.91. The molecular formula is C17H22N4O2S. The highest BCUT2D eigenvalue weighted by atomic mass is 32.2. The van der Waals surface area contributed by atoms with Crippen LogP contribution in [0.1, 0.15) is 12.0 Å². The molecular weight excluding hydrogens is 324 g/mol. The lowest BCUT2D eigenvalue weighted by Crippen LogP contribution is -2.33. The molecule has 1 aromatic heterocycles. The third kappa shape index (κ3) is 4.23. The van der Waals surface area contributed by atoms with Crippen molar-refractivity contribution < 1.29 is 8.42 Å². The Hall–Kier alpha value is -2.15. The molecule has 0 spiro atoms. The predicted octanol–water partition coefficient (Wildman–Crippen LogP) is 1.75. The van der Waals surface area contributed by atoms with E-state index in [0.717, 1.165) is 24.6 Å². The molecule has 1 aliphatic rings. The van der Waals surface area contributed by atoms with Gasteiger partial charge in [-0.15, -0.1) is 0 Å². The summed E-state index contributed by atoms with van der Waals surface area (Å²) < 4.78 is 23.3. The van der Waals surface area contributed by atoms with Crippen molar-refractivity contribution in [3.63, 3.8) is 0 Å². The van der Waals surface area contributed by atoms with E-state index < -0.39 is 9.84 Å². The van der Waals surface area contributed by atoms with E-state index in [9.17, 15) is 8.42 Å². The second-order valence-electron chi connectivity index (χ2n) is 6.09. The number of nitrogens with zero attached hydrogens (tertiary/aromatic N) is 3. The minimum atomic E-state index is -2.90. The van der Waals surface area contributed by atoms with Crippen LogP contribution in [-0.2, 0) is 16.3 Å². The van der Waals surface area contributed by atoms with Crippen molar-refractivity contribution in [2.24, 2.45) is 0 Å². The fourth-order valence-corrected chi connectivity index (χ4v) is 4.66. The van der Waals surface area contributed by atoms with Crippen LogP contribution in [0.2, 0.25) is 0 Å². The van der Waals surface area contributed by atoms with Crippen LogP contribution >= 0.6 is 0 Å². The van der Waals surface area contributed by atoms with Crippen molar-refractivity contribution in [3.05, 3.63) is 48.3 Å². The Morgan fingerprint density at radius 3 is 2.75 bits per heavy atom. The van der Waals surface area contributed by atoms with Crippen LogP contribution in [0.4, 0.5) is 11.6 Å². The molecule has 0 bridgehead atoms. The maximum atomic E-state index is 11.6. The standard InChI is InChI=1S/C17H22N4O2S/c1-21(15-8-10-24(22,23)12-15)17-11-16(19-13-20-17)18-9-7-14-5-3-2-4-6-14/h2-6,11,13,15H,7-10,12H2,1H3,(H,18,19,20). The zero-order valence-corrected chi connectivity index (χ0v) is 14.5. The molecule has 0 aliphatic carbocycles. The molecule has 1 fully saturated rings. The van der Waals surface area contributed by atoms with E-state index in [1.807, 2.05) is 36.2 Å². The molecule has 1 saturated heterocycles. The molecule has 6 nitrogen and oxygen atoms in total. The first-order chi connectivity index (χ1) is 11.5. The molecule has 1 aliphatic heterocycles. The third-order valence-corrected chi connectivity index (χ3v) is 6.08.